The highest BCUT2D eigenvalue weighted by Crippen LogP contribution is 2.49. The molecule has 0 bridgehead atoms. The van der Waals surface area contributed by atoms with Crippen LogP contribution in [0.25, 0.3) is 11.1 Å². The Hall–Kier alpha value is -2.52. The summed E-state index contributed by atoms with van der Waals surface area (Å²) < 4.78 is 6.05. The largest absolute Gasteiger partial charge is 0.357 e. The van der Waals surface area contributed by atoms with Crippen LogP contribution in [-0.2, 0) is 10.2 Å². The molecule has 0 saturated carbocycles. The summed E-state index contributed by atoms with van der Waals surface area (Å²) in [7, 11) is 0. The van der Waals surface area contributed by atoms with Crippen molar-refractivity contribution in [2.45, 2.75) is 45.4 Å². The molecule has 2 atom stereocenters. The normalized spacial score (nSPS) is 21.7. The second-order valence-corrected chi connectivity index (χ2v) is 7.58. The highest BCUT2D eigenvalue weighted by atomic mass is 16.5. The van der Waals surface area contributed by atoms with Gasteiger partial charge in [-0.3, -0.25) is 5.32 Å². The molecule has 2 aromatic rings. The first-order chi connectivity index (χ1) is 13.1. The van der Waals surface area contributed by atoms with E-state index in [9.17, 15) is 0 Å². The first-order valence-corrected chi connectivity index (χ1v) is 9.60. The summed E-state index contributed by atoms with van der Waals surface area (Å²) >= 11 is 0. The standard InChI is InChI=1S/C25H25NO/c1-5-13-25(14-6-2)21-10-8-7-9-19(21)20-12-11-18(15-22(20)25)24-26-23(16-27-24)17(3)4/h7-12,15,17,23-24,26H,16H2,1-4H3/t23-,24+/m1/s1. The minimum Gasteiger partial charge on any atom is -0.357 e. The Morgan fingerprint density at radius 2 is 1.70 bits per heavy atom. The van der Waals surface area contributed by atoms with Gasteiger partial charge in [0.15, 0.2) is 0 Å². The molecule has 2 aromatic carbocycles. The fourth-order valence-corrected chi connectivity index (χ4v) is 4.20. The zero-order chi connectivity index (χ0) is 19.0. The van der Waals surface area contributed by atoms with Gasteiger partial charge in [0.2, 0.25) is 0 Å². The average molecular weight is 355 g/mol. The molecule has 0 spiro atoms. The Morgan fingerprint density at radius 3 is 2.37 bits per heavy atom. The zero-order valence-corrected chi connectivity index (χ0v) is 16.4. The second-order valence-electron chi connectivity index (χ2n) is 7.58. The highest BCUT2D eigenvalue weighted by molar-refractivity contribution is 5.86. The summed E-state index contributed by atoms with van der Waals surface area (Å²) in [6, 6.07) is 15.5. The molecule has 0 radical (unpaired) electrons. The van der Waals surface area contributed by atoms with Crippen molar-refractivity contribution in [3.05, 3.63) is 59.2 Å². The monoisotopic (exact) mass is 355 g/mol. The molecule has 1 aliphatic heterocycles. The Kier molecular flexibility index (Phi) is 4.56. The fraction of sp³-hybridized carbons (Fsp3) is 0.360. The van der Waals surface area contributed by atoms with E-state index in [1.54, 1.807) is 0 Å². The molecule has 0 unspecified atom stereocenters. The summed E-state index contributed by atoms with van der Waals surface area (Å²) in [5, 5.41) is 3.62. The van der Waals surface area contributed by atoms with E-state index in [0.717, 1.165) is 12.2 Å². The lowest BCUT2D eigenvalue weighted by atomic mass is 9.79. The molecule has 1 saturated heterocycles. The molecule has 4 rings (SSSR count). The third-order valence-corrected chi connectivity index (χ3v) is 5.61. The van der Waals surface area contributed by atoms with Crippen LogP contribution in [-0.4, -0.2) is 12.6 Å². The molecule has 2 nitrogen and oxygen atoms in total. The van der Waals surface area contributed by atoms with Gasteiger partial charge in [-0.15, -0.1) is 11.8 Å². The molecule has 1 aliphatic carbocycles. The fourth-order valence-electron chi connectivity index (χ4n) is 4.20. The van der Waals surface area contributed by atoms with E-state index in [0.29, 0.717) is 12.0 Å². The van der Waals surface area contributed by atoms with Crippen molar-refractivity contribution in [3.63, 3.8) is 0 Å². The van der Waals surface area contributed by atoms with Gasteiger partial charge in [-0.1, -0.05) is 62.1 Å². The van der Waals surface area contributed by atoms with Crippen LogP contribution in [0, 0.1) is 29.6 Å². The van der Waals surface area contributed by atoms with Gasteiger partial charge in [-0.2, -0.15) is 0 Å². The van der Waals surface area contributed by atoms with Gasteiger partial charge in [0.25, 0.3) is 0 Å². The Balaban J connectivity index is 1.86. The van der Waals surface area contributed by atoms with Gasteiger partial charge in [-0.25, -0.2) is 0 Å². The molecular weight excluding hydrogens is 330 g/mol. The predicted octanol–water partition coefficient (Wildman–Crippen LogP) is 4.64. The van der Waals surface area contributed by atoms with Crippen molar-refractivity contribution in [2.75, 3.05) is 6.61 Å². The highest BCUT2D eigenvalue weighted by Gasteiger charge is 2.41. The van der Waals surface area contributed by atoms with Gasteiger partial charge in [0, 0.05) is 6.04 Å². The number of hydrogen-bond donors (Lipinski definition) is 1. The summed E-state index contributed by atoms with van der Waals surface area (Å²) in [4.78, 5) is 0. The van der Waals surface area contributed by atoms with Crippen LogP contribution in [0.2, 0.25) is 0 Å². The third-order valence-electron chi connectivity index (χ3n) is 5.61. The van der Waals surface area contributed by atoms with E-state index in [-0.39, 0.29) is 6.23 Å². The molecule has 2 aliphatic rings. The van der Waals surface area contributed by atoms with Crippen LogP contribution in [0.5, 0.6) is 0 Å². The Bertz CT molecular complexity index is 976. The minimum atomic E-state index is -0.568. The third kappa shape index (κ3) is 2.78. The van der Waals surface area contributed by atoms with Crippen LogP contribution in [0.4, 0.5) is 0 Å². The van der Waals surface area contributed by atoms with Gasteiger partial charge >= 0.3 is 0 Å². The lowest BCUT2D eigenvalue weighted by molar-refractivity contribution is 0.0999. The van der Waals surface area contributed by atoms with E-state index in [2.05, 4.69) is 85.3 Å². The topological polar surface area (TPSA) is 21.3 Å². The number of fused-ring (bicyclic) bond motifs is 3. The van der Waals surface area contributed by atoms with Gasteiger partial charge in [0.1, 0.15) is 11.6 Å². The van der Waals surface area contributed by atoms with Crippen LogP contribution in [0.3, 0.4) is 0 Å². The summed E-state index contributed by atoms with van der Waals surface area (Å²) in [6.07, 6.45) is -0.0757. The van der Waals surface area contributed by atoms with Crippen molar-refractivity contribution in [2.24, 2.45) is 5.92 Å². The molecule has 0 aromatic heterocycles. The van der Waals surface area contributed by atoms with Crippen molar-refractivity contribution in [3.8, 4) is 34.8 Å². The maximum absolute atomic E-state index is 6.05. The van der Waals surface area contributed by atoms with Crippen LogP contribution in [0.15, 0.2) is 42.5 Å². The van der Waals surface area contributed by atoms with Gasteiger partial charge < -0.3 is 4.74 Å². The van der Waals surface area contributed by atoms with Crippen LogP contribution in [0.1, 0.15) is 50.6 Å². The van der Waals surface area contributed by atoms with Crippen molar-refractivity contribution in [1.82, 2.24) is 5.32 Å². The van der Waals surface area contributed by atoms with Crippen molar-refractivity contribution >= 4 is 0 Å². The van der Waals surface area contributed by atoms with E-state index in [1.807, 2.05) is 13.8 Å². The van der Waals surface area contributed by atoms with Crippen molar-refractivity contribution in [1.29, 1.82) is 0 Å². The average Bonchev–Trinajstić information content (AvgIpc) is 3.26. The first kappa shape index (κ1) is 17.9. The molecule has 136 valence electrons. The molecule has 1 heterocycles. The molecule has 2 heteroatoms. The zero-order valence-electron chi connectivity index (χ0n) is 16.4. The maximum Gasteiger partial charge on any atom is 0.143 e. The minimum absolute atomic E-state index is 0.0757. The number of rotatable bonds is 2. The lowest BCUT2D eigenvalue weighted by Gasteiger charge is -2.21. The number of nitrogens with one attached hydrogen (secondary N) is 1. The lowest BCUT2D eigenvalue weighted by Crippen LogP contribution is -2.30. The SMILES string of the molecule is CC#CC1(C#CC)c2ccccc2-c2ccc([C@H]3N[C@@H](C(C)C)CO3)cc21. The molecular formula is C25H25NO. The number of benzene rings is 2. The maximum atomic E-state index is 6.05. The second kappa shape index (κ2) is 6.90. The van der Waals surface area contributed by atoms with E-state index < -0.39 is 5.41 Å². The smallest absolute Gasteiger partial charge is 0.143 e. The van der Waals surface area contributed by atoms with Gasteiger partial charge in [0.05, 0.1) is 6.61 Å². The van der Waals surface area contributed by atoms with E-state index >= 15 is 0 Å². The Labute approximate surface area is 162 Å². The summed E-state index contributed by atoms with van der Waals surface area (Å²) in [5.41, 5.74) is 5.37. The van der Waals surface area contributed by atoms with Gasteiger partial charge in [-0.05, 0) is 53.6 Å². The van der Waals surface area contributed by atoms with E-state index in [1.165, 1.54) is 22.3 Å². The predicted molar refractivity (Wildman–Crippen MR) is 110 cm³/mol. The van der Waals surface area contributed by atoms with Crippen LogP contribution < -0.4 is 5.32 Å². The quantitative estimate of drug-likeness (QED) is 0.792. The molecule has 1 N–H and O–H groups in total. The Morgan fingerprint density at radius 1 is 1.00 bits per heavy atom. The first-order valence-electron chi connectivity index (χ1n) is 9.60. The summed E-state index contributed by atoms with van der Waals surface area (Å²) in [5.74, 6) is 13.7. The van der Waals surface area contributed by atoms with Crippen LogP contribution >= 0.6 is 0 Å². The van der Waals surface area contributed by atoms with E-state index in [4.69, 9.17) is 4.74 Å². The number of ether oxygens (including phenoxy) is 1. The molecule has 27 heavy (non-hydrogen) atoms. The summed E-state index contributed by atoms with van der Waals surface area (Å²) in [6.45, 7) is 8.97. The molecule has 0 amide bonds. The van der Waals surface area contributed by atoms with Crippen molar-refractivity contribution < 1.29 is 4.74 Å². The molecule has 1 fully saturated rings. The number of hydrogen-bond acceptors (Lipinski definition) is 2.